The van der Waals surface area contributed by atoms with Crippen LogP contribution in [0.3, 0.4) is 0 Å². The number of piperidine rings is 1. The Morgan fingerprint density at radius 2 is 1.95 bits per heavy atom. The van der Waals surface area contributed by atoms with Gasteiger partial charge in [-0.3, -0.25) is 19.2 Å². The van der Waals surface area contributed by atoms with Crippen molar-refractivity contribution >= 4 is 24.1 Å². The van der Waals surface area contributed by atoms with Gasteiger partial charge >= 0.3 is 0 Å². The third kappa shape index (κ3) is 7.80. The lowest BCUT2D eigenvalue weighted by Gasteiger charge is -2.49. The first-order valence-corrected chi connectivity index (χ1v) is 13.5. The first kappa shape index (κ1) is 28.7. The second kappa shape index (κ2) is 13.6. The van der Waals surface area contributed by atoms with Crippen LogP contribution < -0.4 is 10.6 Å². The van der Waals surface area contributed by atoms with Crippen LogP contribution in [0.2, 0.25) is 0 Å². The molecule has 0 spiro atoms. The molecule has 0 bridgehead atoms. The summed E-state index contributed by atoms with van der Waals surface area (Å²) in [7, 11) is 0. The van der Waals surface area contributed by atoms with Crippen molar-refractivity contribution in [2.75, 3.05) is 39.3 Å². The molecule has 2 saturated heterocycles. The number of hydrogen-bond acceptors (Lipinski definition) is 6. The molecule has 0 radical (unpaired) electrons. The SMILES string of the molecule is CC(C)CC(=O)NCCN(C(=O)c1ccco1)C1CN(CC2CCNCC2)C(=O)C(CC(C)C)N1C=O. The summed E-state index contributed by atoms with van der Waals surface area (Å²) in [6.45, 7) is 11.1. The Kier molecular flexibility index (Phi) is 10.5. The highest BCUT2D eigenvalue weighted by atomic mass is 16.3. The second-order valence-electron chi connectivity index (χ2n) is 11.0. The minimum atomic E-state index is -0.666. The number of piperazine rings is 1. The van der Waals surface area contributed by atoms with Crippen LogP contribution in [-0.2, 0) is 14.4 Å². The number of nitrogens with zero attached hydrogens (tertiary/aromatic N) is 3. The van der Waals surface area contributed by atoms with Gasteiger partial charge in [-0.05, 0) is 62.2 Å². The Bertz CT molecular complexity index is 897. The zero-order chi connectivity index (χ0) is 26.9. The van der Waals surface area contributed by atoms with E-state index in [4.69, 9.17) is 4.42 Å². The summed E-state index contributed by atoms with van der Waals surface area (Å²) in [5.74, 6) is 0.401. The molecule has 10 heteroatoms. The van der Waals surface area contributed by atoms with E-state index in [2.05, 4.69) is 10.6 Å². The molecular weight excluding hydrogens is 474 g/mol. The van der Waals surface area contributed by atoms with Crippen molar-refractivity contribution in [2.45, 2.75) is 65.6 Å². The van der Waals surface area contributed by atoms with E-state index in [0.717, 1.165) is 25.9 Å². The first-order chi connectivity index (χ1) is 17.7. The largest absolute Gasteiger partial charge is 0.459 e. The van der Waals surface area contributed by atoms with Crippen LogP contribution in [0.25, 0.3) is 0 Å². The van der Waals surface area contributed by atoms with E-state index in [0.29, 0.717) is 31.7 Å². The van der Waals surface area contributed by atoms with Crippen molar-refractivity contribution in [3.05, 3.63) is 24.2 Å². The minimum absolute atomic E-state index is 0.0637. The average molecular weight is 518 g/mol. The maximum atomic E-state index is 13.6. The molecule has 0 aromatic carbocycles. The zero-order valence-corrected chi connectivity index (χ0v) is 22.7. The van der Waals surface area contributed by atoms with Gasteiger partial charge in [0.1, 0.15) is 12.2 Å². The average Bonchev–Trinajstić information content (AvgIpc) is 3.39. The van der Waals surface area contributed by atoms with E-state index in [-0.39, 0.29) is 55.0 Å². The second-order valence-corrected chi connectivity index (χ2v) is 11.0. The molecule has 0 saturated carbocycles. The van der Waals surface area contributed by atoms with Crippen LogP contribution in [0.15, 0.2) is 22.8 Å². The molecule has 3 heterocycles. The summed E-state index contributed by atoms with van der Waals surface area (Å²) in [6.07, 6.45) is 4.32. The number of hydrogen-bond donors (Lipinski definition) is 2. The summed E-state index contributed by atoms with van der Waals surface area (Å²) in [5.41, 5.74) is 0. The van der Waals surface area contributed by atoms with E-state index in [1.54, 1.807) is 17.0 Å². The summed E-state index contributed by atoms with van der Waals surface area (Å²) in [6, 6.07) is 2.58. The van der Waals surface area contributed by atoms with Crippen molar-refractivity contribution < 1.29 is 23.6 Å². The highest BCUT2D eigenvalue weighted by Crippen LogP contribution is 2.26. The van der Waals surface area contributed by atoms with Crippen molar-refractivity contribution in [3.8, 4) is 0 Å². The van der Waals surface area contributed by atoms with Gasteiger partial charge in [0.25, 0.3) is 5.91 Å². The van der Waals surface area contributed by atoms with Gasteiger partial charge in [0.15, 0.2) is 5.76 Å². The number of nitrogens with one attached hydrogen (secondary N) is 2. The molecule has 10 nitrogen and oxygen atoms in total. The van der Waals surface area contributed by atoms with Crippen molar-refractivity contribution in [1.82, 2.24) is 25.3 Å². The van der Waals surface area contributed by atoms with Crippen LogP contribution in [0, 0.1) is 17.8 Å². The summed E-state index contributed by atoms with van der Waals surface area (Å²) < 4.78 is 5.40. The molecule has 4 amide bonds. The van der Waals surface area contributed by atoms with Crippen LogP contribution in [-0.4, -0.2) is 90.3 Å². The fourth-order valence-electron chi connectivity index (χ4n) is 5.23. The molecule has 1 aromatic heterocycles. The quantitative estimate of drug-likeness (QED) is 0.410. The number of furan rings is 1. The molecule has 1 aromatic rings. The smallest absolute Gasteiger partial charge is 0.291 e. The molecular formula is C27H43N5O5. The van der Waals surface area contributed by atoms with Gasteiger partial charge in [-0.25, -0.2) is 0 Å². The Hall–Kier alpha value is -2.88. The fourth-order valence-corrected chi connectivity index (χ4v) is 5.23. The van der Waals surface area contributed by atoms with E-state index in [1.165, 1.54) is 11.2 Å². The zero-order valence-electron chi connectivity index (χ0n) is 22.7. The Labute approximate surface area is 220 Å². The number of rotatable bonds is 12. The fraction of sp³-hybridized carbons (Fsp3) is 0.704. The summed E-state index contributed by atoms with van der Waals surface area (Å²) in [5, 5.41) is 6.25. The predicted molar refractivity (Wildman–Crippen MR) is 139 cm³/mol. The normalized spacial score (nSPS) is 21.0. The Morgan fingerprint density at radius 1 is 1.22 bits per heavy atom. The van der Waals surface area contributed by atoms with Crippen LogP contribution in [0.4, 0.5) is 0 Å². The van der Waals surface area contributed by atoms with E-state index < -0.39 is 12.2 Å². The number of amides is 4. The maximum Gasteiger partial charge on any atom is 0.291 e. The third-order valence-corrected chi connectivity index (χ3v) is 7.06. The third-order valence-electron chi connectivity index (χ3n) is 7.06. The number of carbonyl (C=O) groups excluding carboxylic acids is 4. The Morgan fingerprint density at radius 3 is 2.54 bits per heavy atom. The van der Waals surface area contributed by atoms with Gasteiger partial charge in [-0.15, -0.1) is 0 Å². The Balaban J connectivity index is 1.88. The standard InChI is InChI=1S/C27H43N5O5/c1-19(2)14-22-26(35)30(16-21-7-9-28-10-8-21)17-25(32(22)18-33)31(27(36)23-6-5-13-37-23)12-11-29-24(34)15-20(3)4/h5-6,13,18-22,25,28H,7-12,14-17H2,1-4H3,(H,29,34). The molecule has 2 atom stereocenters. The first-order valence-electron chi connectivity index (χ1n) is 13.5. The highest BCUT2D eigenvalue weighted by Gasteiger charge is 2.44. The molecule has 2 N–H and O–H groups in total. The molecule has 3 rings (SSSR count). The molecule has 2 aliphatic heterocycles. The summed E-state index contributed by atoms with van der Waals surface area (Å²) >= 11 is 0. The van der Waals surface area contributed by atoms with Crippen LogP contribution in [0.5, 0.6) is 0 Å². The van der Waals surface area contributed by atoms with E-state index in [1.807, 2.05) is 32.6 Å². The molecule has 2 unspecified atom stereocenters. The molecule has 2 fully saturated rings. The predicted octanol–water partition coefficient (Wildman–Crippen LogP) is 1.93. The lowest BCUT2D eigenvalue weighted by Crippen LogP contribution is -2.68. The van der Waals surface area contributed by atoms with Gasteiger partial charge in [0.05, 0.1) is 12.8 Å². The molecule has 37 heavy (non-hydrogen) atoms. The van der Waals surface area contributed by atoms with Crippen LogP contribution in [0.1, 0.15) is 63.9 Å². The maximum absolute atomic E-state index is 13.6. The van der Waals surface area contributed by atoms with Crippen LogP contribution >= 0.6 is 0 Å². The van der Waals surface area contributed by atoms with Gasteiger partial charge in [-0.2, -0.15) is 0 Å². The van der Waals surface area contributed by atoms with Crippen molar-refractivity contribution in [1.29, 1.82) is 0 Å². The lowest BCUT2D eigenvalue weighted by molar-refractivity contribution is -0.157. The minimum Gasteiger partial charge on any atom is -0.459 e. The lowest BCUT2D eigenvalue weighted by atomic mass is 9.94. The highest BCUT2D eigenvalue weighted by molar-refractivity contribution is 5.92. The van der Waals surface area contributed by atoms with Gasteiger partial charge < -0.3 is 29.8 Å². The van der Waals surface area contributed by atoms with Gasteiger partial charge in [0, 0.05) is 26.1 Å². The van der Waals surface area contributed by atoms with Crippen molar-refractivity contribution in [3.63, 3.8) is 0 Å². The summed E-state index contributed by atoms with van der Waals surface area (Å²) in [4.78, 5) is 56.8. The van der Waals surface area contributed by atoms with Crippen molar-refractivity contribution in [2.24, 2.45) is 17.8 Å². The van der Waals surface area contributed by atoms with E-state index >= 15 is 0 Å². The van der Waals surface area contributed by atoms with Gasteiger partial charge in [0.2, 0.25) is 18.2 Å². The monoisotopic (exact) mass is 517 g/mol. The van der Waals surface area contributed by atoms with Gasteiger partial charge in [-0.1, -0.05) is 27.7 Å². The number of carbonyl (C=O) groups is 4. The molecule has 0 aliphatic carbocycles. The molecule has 2 aliphatic rings. The van der Waals surface area contributed by atoms with E-state index in [9.17, 15) is 19.2 Å². The topological polar surface area (TPSA) is 115 Å². The molecule has 206 valence electrons.